The van der Waals surface area contributed by atoms with Crippen molar-refractivity contribution in [1.82, 2.24) is 5.32 Å². The minimum Gasteiger partial charge on any atom is -0.310 e. The van der Waals surface area contributed by atoms with E-state index < -0.39 is 5.82 Å². The number of benzene rings is 2. The summed E-state index contributed by atoms with van der Waals surface area (Å²) in [5, 5.41) is 4.71. The van der Waals surface area contributed by atoms with Crippen LogP contribution in [0.1, 0.15) is 24.5 Å². The van der Waals surface area contributed by atoms with Crippen molar-refractivity contribution in [3.05, 3.63) is 68.4 Å². The molecule has 2 rings (SSSR count). The van der Waals surface area contributed by atoms with Gasteiger partial charge in [-0.05, 0) is 55.2 Å². The standard InChI is InChI=1S/C17H17Cl3FN/c1-11(2-3-12-4-6-14(18)15(19)8-12)22-10-13-5-7-17(21)16(20)9-13/h4-9,11,22H,2-3,10H2,1H3. The molecule has 0 aliphatic carbocycles. The molecule has 2 aromatic rings. The van der Waals surface area contributed by atoms with Crippen LogP contribution >= 0.6 is 34.8 Å². The lowest BCUT2D eigenvalue weighted by atomic mass is 10.1. The SMILES string of the molecule is CC(CCc1ccc(Cl)c(Cl)c1)NCc1ccc(F)c(Cl)c1. The van der Waals surface area contributed by atoms with Crippen LogP contribution in [0.25, 0.3) is 0 Å². The normalized spacial score (nSPS) is 12.4. The molecule has 0 aliphatic rings. The molecule has 0 spiro atoms. The lowest BCUT2D eigenvalue weighted by Gasteiger charge is -2.14. The van der Waals surface area contributed by atoms with Gasteiger partial charge < -0.3 is 5.32 Å². The van der Waals surface area contributed by atoms with E-state index in [0.29, 0.717) is 22.6 Å². The molecule has 0 aliphatic heterocycles. The first kappa shape index (κ1) is 17.6. The van der Waals surface area contributed by atoms with Crippen LogP contribution in [0.5, 0.6) is 0 Å². The first-order valence-electron chi connectivity index (χ1n) is 7.07. The third-order valence-electron chi connectivity index (χ3n) is 3.49. The zero-order valence-corrected chi connectivity index (χ0v) is 14.4. The Morgan fingerprint density at radius 2 is 1.64 bits per heavy atom. The van der Waals surface area contributed by atoms with E-state index in [9.17, 15) is 4.39 Å². The highest BCUT2D eigenvalue weighted by Gasteiger charge is 2.06. The summed E-state index contributed by atoms with van der Waals surface area (Å²) < 4.78 is 13.1. The summed E-state index contributed by atoms with van der Waals surface area (Å²) in [5.41, 5.74) is 2.13. The quantitative estimate of drug-likeness (QED) is 0.676. The van der Waals surface area contributed by atoms with E-state index in [0.717, 1.165) is 24.0 Å². The fourth-order valence-electron chi connectivity index (χ4n) is 2.12. The number of aryl methyl sites for hydroxylation is 1. The fraction of sp³-hybridized carbons (Fsp3) is 0.294. The second-order valence-electron chi connectivity index (χ2n) is 5.32. The van der Waals surface area contributed by atoms with E-state index >= 15 is 0 Å². The van der Waals surface area contributed by atoms with Crippen molar-refractivity contribution in [1.29, 1.82) is 0 Å². The van der Waals surface area contributed by atoms with Crippen molar-refractivity contribution in [3.63, 3.8) is 0 Å². The van der Waals surface area contributed by atoms with E-state index in [4.69, 9.17) is 34.8 Å². The van der Waals surface area contributed by atoms with E-state index in [-0.39, 0.29) is 5.02 Å². The summed E-state index contributed by atoms with van der Waals surface area (Å²) >= 11 is 17.7. The minimum absolute atomic E-state index is 0.155. The summed E-state index contributed by atoms with van der Waals surface area (Å²) in [4.78, 5) is 0. The van der Waals surface area contributed by atoms with Crippen LogP contribution in [0.3, 0.4) is 0 Å². The molecule has 0 saturated heterocycles. The van der Waals surface area contributed by atoms with Gasteiger partial charge in [-0.25, -0.2) is 4.39 Å². The van der Waals surface area contributed by atoms with Gasteiger partial charge in [0.2, 0.25) is 0 Å². The van der Waals surface area contributed by atoms with Crippen LogP contribution < -0.4 is 5.32 Å². The molecule has 0 heterocycles. The molecular formula is C17H17Cl3FN. The van der Waals surface area contributed by atoms with Crippen molar-refractivity contribution >= 4 is 34.8 Å². The molecule has 118 valence electrons. The van der Waals surface area contributed by atoms with E-state index in [2.05, 4.69) is 12.2 Å². The van der Waals surface area contributed by atoms with Crippen molar-refractivity contribution in [2.75, 3.05) is 0 Å². The number of halogens is 4. The average molecular weight is 361 g/mol. The molecular weight excluding hydrogens is 344 g/mol. The van der Waals surface area contributed by atoms with Crippen molar-refractivity contribution in [2.45, 2.75) is 32.4 Å². The van der Waals surface area contributed by atoms with Gasteiger partial charge in [0.1, 0.15) is 5.82 Å². The summed E-state index contributed by atoms with van der Waals surface area (Å²) in [6.45, 7) is 2.77. The third kappa shape index (κ3) is 5.13. The summed E-state index contributed by atoms with van der Waals surface area (Å²) in [6, 6.07) is 10.8. The van der Waals surface area contributed by atoms with Gasteiger partial charge in [-0.2, -0.15) is 0 Å². The molecule has 2 aromatic carbocycles. The molecule has 22 heavy (non-hydrogen) atoms. The fourth-order valence-corrected chi connectivity index (χ4v) is 2.65. The Hall–Kier alpha value is -0.800. The summed E-state index contributed by atoms with van der Waals surface area (Å²) in [5.74, 6) is -0.391. The van der Waals surface area contributed by atoms with Gasteiger partial charge in [-0.3, -0.25) is 0 Å². The van der Waals surface area contributed by atoms with Crippen LogP contribution in [-0.4, -0.2) is 6.04 Å². The zero-order chi connectivity index (χ0) is 16.1. The topological polar surface area (TPSA) is 12.0 Å². The maximum atomic E-state index is 13.1. The predicted molar refractivity (Wildman–Crippen MR) is 92.5 cm³/mol. The largest absolute Gasteiger partial charge is 0.310 e. The first-order chi connectivity index (χ1) is 10.5. The van der Waals surface area contributed by atoms with Crippen molar-refractivity contribution in [2.24, 2.45) is 0 Å². The van der Waals surface area contributed by atoms with Gasteiger partial charge in [-0.1, -0.05) is 46.9 Å². The molecule has 0 aromatic heterocycles. The molecule has 1 atom stereocenters. The zero-order valence-electron chi connectivity index (χ0n) is 12.2. The van der Waals surface area contributed by atoms with Crippen LogP contribution in [0.2, 0.25) is 15.1 Å². The van der Waals surface area contributed by atoms with Crippen LogP contribution in [0, 0.1) is 5.82 Å². The molecule has 0 amide bonds. The van der Waals surface area contributed by atoms with E-state index in [1.807, 2.05) is 18.2 Å². The van der Waals surface area contributed by atoms with Gasteiger partial charge in [0.25, 0.3) is 0 Å². The summed E-state index contributed by atoms with van der Waals surface area (Å²) in [6.07, 6.45) is 1.88. The van der Waals surface area contributed by atoms with Gasteiger partial charge in [0.05, 0.1) is 15.1 Å². The van der Waals surface area contributed by atoms with Crippen LogP contribution in [0.4, 0.5) is 4.39 Å². The second-order valence-corrected chi connectivity index (χ2v) is 6.54. The van der Waals surface area contributed by atoms with E-state index in [1.54, 1.807) is 12.1 Å². The number of nitrogens with one attached hydrogen (secondary N) is 1. The Morgan fingerprint density at radius 3 is 2.32 bits per heavy atom. The molecule has 0 fully saturated rings. The van der Waals surface area contributed by atoms with E-state index in [1.165, 1.54) is 6.07 Å². The molecule has 0 bridgehead atoms. The van der Waals surface area contributed by atoms with Gasteiger partial charge in [0.15, 0.2) is 0 Å². The number of hydrogen-bond acceptors (Lipinski definition) is 1. The first-order valence-corrected chi connectivity index (χ1v) is 8.20. The maximum Gasteiger partial charge on any atom is 0.141 e. The molecule has 5 heteroatoms. The predicted octanol–water partition coefficient (Wildman–Crippen LogP) is 5.90. The highest BCUT2D eigenvalue weighted by atomic mass is 35.5. The van der Waals surface area contributed by atoms with Crippen LogP contribution in [-0.2, 0) is 13.0 Å². The highest BCUT2D eigenvalue weighted by molar-refractivity contribution is 6.42. The number of rotatable bonds is 6. The molecule has 1 N–H and O–H groups in total. The third-order valence-corrected chi connectivity index (χ3v) is 4.52. The lowest BCUT2D eigenvalue weighted by Crippen LogP contribution is -2.26. The molecule has 1 nitrogen and oxygen atoms in total. The van der Waals surface area contributed by atoms with Crippen molar-refractivity contribution < 1.29 is 4.39 Å². The Labute approximate surface area is 145 Å². The summed E-state index contributed by atoms with van der Waals surface area (Å²) in [7, 11) is 0. The van der Waals surface area contributed by atoms with Gasteiger partial charge in [-0.15, -0.1) is 0 Å². The smallest absolute Gasteiger partial charge is 0.141 e. The maximum absolute atomic E-state index is 13.1. The Balaban J connectivity index is 1.81. The Kier molecular flexibility index (Phi) is 6.51. The highest BCUT2D eigenvalue weighted by Crippen LogP contribution is 2.23. The van der Waals surface area contributed by atoms with Gasteiger partial charge in [0, 0.05) is 12.6 Å². The minimum atomic E-state index is -0.391. The monoisotopic (exact) mass is 359 g/mol. The Morgan fingerprint density at radius 1 is 0.955 bits per heavy atom. The van der Waals surface area contributed by atoms with Crippen molar-refractivity contribution in [3.8, 4) is 0 Å². The Bertz CT molecular complexity index is 590. The van der Waals surface area contributed by atoms with Gasteiger partial charge >= 0.3 is 0 Å². The lowest BCUT2D eigenvalue weighted by molar-refractivity contribution is 0.513. The number of hydrogen-bond donors (Lipinski definition) is 1. The average Bonchev–Trinajstić information content (AvgIpc) is 2.49. The molecule has 0 radical (unpaired) electrons. The molecule has 1 unspecified atom stereocenters. The van der Waals surface area contributed by atoms with Crippen LogP contribution in [0.15, 0.2) is 36.4 Å². The second kappa shape index (κ2) is 8.16. The molecule has 0 saturated carbocycles.